The van der Waals surface area contributed by atoms with Crippen LogP contribution in [0.2, 0.25) is 0 Å². The molecule has 0 aliphatic carbocycles. The summed E-state index contributed by atoms with van der Waals surface area (Å²) >= 11 is 0. The number of furan rings is 1. The summed E-state index contributed by atoms with van der Waals surface area (Å²) in [5.74, 6) is 1.95. The molecule has 2 rings (SSSR count). The molecule has 4 heteroatoms. The molecule has 0 saturated carbocycles. The van der Waals surface area contributed by atoms with Crippen molar-refractivity contribution in [2.75, 3.05) is 13.6 Å². The monoisotopic (exact) mass is 273 g/mol. The summed E-state index contributed by atoms with van der Waals surface area (Å²) in [4.78, 5) is 6.71. The molecule has 2 aromatic heterocycles. The molecule has 0 amide bonds. The van der Waals surface area contributed by atoms with Crippen molar-refractivity contribution in [1.29, 1.82) is 0 Å². The normalized spacial score (nSPS) is 11.2. The van der Waals surface area contributed by atoms with E-state index in [1.165, 1.54) is 5.56 Å². The Morgan fingerprint density at radius 1 is 1.20 bits per heavy atom. The Hall–Kier alpha value is -1.65. The fourth-order valence-electron chi connectivity index (χ4n) is 2.09. The summed E-state index contributed by atoms with van der Waals surface area (Å²) in [6, 6.07) is 8.25. The Labute approximate surface area is 120 Å². The third-order valence-electron chi connectivity index (χ3n) is 3.12. The summed E-state index contributed by atoms with van der Waals surface area (Å²) in [6.45, 7) is 7.55. The maximum atomic E-state index is 5.58. The average molecular weight is 273 g/mol. The first-order valence-corrected chi connectivity index (χ1v) is 7.05. The summed E-state index contributed by atoms with van der Waals surface area (Å²) in [7, 11) is 2.08. The van der Waals surface area contributed by atoms with E-state index in [0.717, 1.165) is 43.4 Å². The molecule has 0 atom stereocenters. The molecule has 20 heavy (non-hydrogen) atoms. The fraction of sp³-hybridized carbons (Fsp3) is 0.438. The Morgan fingerprint density at radius 3 is 2.65 bits per heavy atom. The molecule has 0 saturated heterocycles. The van der Waals surface area contributed by atoms with Crippen LogP contribution in [0.5, 0.6) is 0 Å². The Kier molecular flexibility index (Phi) is 5.32. The number of aryl methyl sites for hydroxylation is 1. The molecule has 0 aliphatic rings. The van der Waals surface area contributed by atoms with E-state index < -0.39 is 0 Å². The second kappa shape index (κ2) is 7.22. The van der Waals surface area contributed by atoms with E-state index in [4.69, 9.17) is 4.42 Å². The van der Waals surface area contributed by atoms with Crippen LogP contribution >= 0.6 is 0 Å². The molecular weight excluding hydrogens is 250 g/mol. The zero-order valence-electron chi connectivity index (χ0n) is 12.5. The van der Waals surface area contributed by atoms with Gasteiger partial charge in [0.15, 0.2) is 0 Å². The number of nitrogens with zero attached hydrogens (tertiary/aromatic N) is 2. The van der Waals surface area contributed by atoms with Gasteiger partial charge in [0.05, 0.1) is 12.2 Å². The molecular formula is C16H23N3O. The van der Waals surface area contributed by atoms with Crippen LogP contribution in [0.1, 0.15) is 29.7 Å². The molecule has 0 aromatic carbocycles. The lowest BCUT2D eigenvalue weighted by molar-refractivity contribution is 0.282. The number of rotatable bonds is 7. The number of pyridine rings is 1. The van der Waals surface area contributed by atoms with E-state index in [0.29, 0.717) is 0 Å². The van der Waals surface area contributed by atoms with Crippen molar-refractivity contribution in [3.8, 4) is 0 Å². The van der Waals surface area contributed by atoms with Crippen molar-refractivity contribution in [3.05, 3.63) is 53.2 Å². The van der Waals surface area contributed by atoms with E-state index in [2.05, 4.69) is 41.3 Å². The van der Waals surface area contributed by atoms with Gasteiger partial charge in [-0.05, 0) is 44.3 Å². The molecule has 0 radical (unpaired) electrons. The number of hydrogen-bond acceptors (Lipinski definition) is 4. The van der Waals surface area contributed by atoms with Crippen LogP contribution in [0.25, 0.3) is 0 Å². The van der Waals surface area contributed by atoms with Gasteiger partial charge in [-0.1, -0.05) is 13.0 Å². The van der Waals surface area contributed by atoms with Crippen molar-refractivity contribution >= 4 is 0 Å². The first-order valence-electron chi connectivity index (χ1n) is 7.05. The van der Waals surface area contributed by atoms with Gasteiger partial charge in [0.25, 0.3) is 0 Å². The number of nitrogens with one attached hydrogen (secondary N) is 1. The second-order valence-corrected chi connectivity index (χ2v) is 5.12. The number of aromatic nitrogens is 1. The summed E-state index contributed by atoms with van der Waals surface area (Å²) in [5, 5.41) is 3.30. The van der Waals surface area contributed by atoms with E-state index in [9.17, 15) is 0 Å². The standard InChI is InChI=1S/C16H23N3O/c1-4-17-9-14-6-7-15(18-10-14)11-19(3)12-16-8-5-13(2)20-16/h5-8,10,17H,4,9,11-12H2,1-3H3. The average Bonchev–Trinajstić information content (AvgIpc) is 2.83. The third-order valence-corrected chi connectivity index (χ3v) is 3.12. The lowest BCUT2D eigenvalue weighted by atomic mass is 10.2. The van der Waals surface area contributed by atoms with Crippen molar-refractivity contribution in [1.82, 2.24) is 15.2 Å². The molecule has 2 heterocycles. The van der Waals surface area contributed by atoms with E-state index >= 15 is 0 Å². The minimum Gasteiger partial charge on any atom is -0.465 e. The van der Waals surface area contributed by atoms with Gasteiger partial charge in [-0.25, -0.2) is 0 Å². The predicted molar refractivity (Wildman–Crippen MR) is 80.2 cm³/mol. The lowest BCUT2D eigenvalue weighted by Crippen LogP contribution is -2.18. The van der Waals surface area contributed by atoms with Crippen LogP contribution in [-0.4, -0.2) is 23.5 Å². The molecule has 2 aromatic rings. The predicted octanol–water partition coefficient (Wildman–Crippen LogP) is 2.72. The zero-order chi connectivity index (χ0) is 14.4. The molecule has 4 nitrogen and oxygen atoms in total. The fourth-order valence-corrected chi connectivity index (χ4v) is 2.09. The van der Waals surface area contributed by atoms with Gasteiger partial charge >= 0.3 is 0 Å². The van der Waals surface area contributed by atoms with E-state index in [1.54, 1.807) is 0 Å². The van der Waals surface area contributed by atoms with Crippen molar-refractivity contribution in [2.24, 2.45) is 0 Å². The quantitative estimate of drug-likeness (QED) is 0.842. The first-order chi connectivity index (χ1) is 9.67. The largest absolute Gasteiger partial charge is 0.465 e. The van der Waals surface area contributed by atoms with Crippen LogP contribution in [0.3, 0.4) is 0 Å². The van der Waals surface area contributed by atoms with Gasteiger partial charge in [-0.15, -0.1) is 0 Å². The van der Waals surface area contributed by atoms with Crippen molar-refractivity contribution in [2.45, 2.75) is 33.5 Å². The van der Waals surface area contributed by atoms with Crippen LogP contribution in [-0.2, 0) is 19.6 Å². The van der Waals surface area contributed by atoms with Crippen molar-refractivity contribution in [3.63, 3.8) is 0 Å². The second-order valence-electron chi connectivity index (χ2n) is 5.12. The highest BCUT2D eigenvalue weighted by atomic mass is 16.3. The van der Waals surface area contributed by atoms with Crippen LogP contribution in [0, 0.1) is 6.92 Å². The Bertz CT molecular complexity index is 519. The molecule has 0 spiro atoms. The SMILES string of the molecule is CCNCc1ccc(CN(C)Cc2ccc(C)o2)nc1. The molecule has 0 fully saturated rings. The van der Waals surface area contributed by atoms with E-state index in [1.807, 2.05) is 25.3 Å². The van der Waals surface area contributed by atoms with Gasteiger partial charge in [0, 0.05) is 19.3 Å². The minimum absolute atomic E-state index is 0.800. The Balaban J connectivity index is 1.85. The van der Waals surface area contributed by atoms with Gasteiger partial charge in [0.2, 0.25) is 0 Å². The van der Waals surface area contributed by atoms with E-state index in [-0.39, 0.29) is 0 Å². The molecule has 0 bridgehead atoms. The maximum absolute atomic E-state index is 5.58. The first kappa shape index (κ1) is 14.8. The highest BCUT2D eigenvalue weighted by Crippen LogP contribution is 2.10. The van der Waals surface area contributed by atoms with Gasteiger partial charge in [0.1, 0.15) is 11.5 Å². The zero-order valence-corrected chi connectivity index (χ0v) is 12.5. The lowest BCUT2D eigenvalue weighted by Gasteiger charge is -2.14. The van der Waals surface area contributed by atoms with Crippen LogP contribution in [0.15, 0.2) is 34.9 Å². The molecule has 0 aliphatic heterocycles. The highest BCUT2D eigenvalue weighted by molar-refractivity contribution is 5.14. The number of hydrogen-bond donors (Lipinski definition) is 1. The van der Waals surface area contributed by atoms with Crippen LogP contribution in [0.4, 0.5) is 0 Å². The smallest absolute Gasteiger partial charge is 0.118 e. The summed E-state index contributed by atoms with van der Waals surface area (Å²) in [5.41, 5.74) is 2.30. The van der Waals surface area contributed by atoms with Crippen molar-refractivity contribution < 1.29 is 4.42 Å². The molecule has 0 unspecified atom stereocenters. The van der Waals surface area contributed by atoms with Gasteiger partial charge in [-0.2, -0.15) is 0 Å². The topological polar surface area (TPSA) is 41.3 Å². The molecule has 1 N–H and O–H groups in total. The highest BCUT2D eigenvalue weighted by Gasteiger charge is 2.05. The molecule has 108 valence electrons. The van der Waals surface area contributed by atoms with Gasteiger partial charge < -0.3 is 9.73 Å². The summed E-state index contributed by atoms with van der Waals surface area (Å²) < 4.78 is 5.58. The van der Waals surface area contributed by atoms with Crippen LogP contribution < -0.4 is 5.32 Å². The van der Waals surface area contributed by atoms with Gasteiger partial charge in [-0.3, -0.25) is 9.88 Å². The third kappa shape index (κ3) is 4.47. The maximum Gasteiger partial charge on any atom is 0.118 e. The minimum atomic E-state index is 0.800. The summed E-state index contributed by atoms with van der Waals surface area (Å²) in [6.07, 6.45) is 1.95. The Morgan fingerprint density at radius 2 is 2.05 bits per heavy atom.